The van der Waals surface area contributed by atoms with Gasteiger partial charge < -0.3 is 10.2 Å². The van der Waals surface area contributed by atoms with E-state index in [0.717, 1.165) is 34.5 Å². The molecular weight excluding hydrogens is 240 g/mol. The average molecular weight is 255 g/mol. The Morgan fingerprint density at radius 2 is 2.06 bits per heavy atom. The molecule has 86 valence electrons. The molecule has 0 aliphatic carbocycles. The molecule has 0 spiro atoms. The van der Waals surface area contributed by atoms with Crippen LogP contribution >= 0.6 is 23.8 Å². The molecule has 1 aromatic rings. The van der Waals surface area contributed by atoms with Crippen LogP contribution in [-0.4, -0.2) is 23.1 Å². The Balaban J connectivity index is 2.11. The van der Waals surface area contributed by atoms with E-state index in [0.29, 0.717) is 0 Å². The molecule has 2 nitrogen and oxygen atoms in total. The molecule has 0 aromatic heterocycles. The van der Waals surface area contributed by atoms with Crippen LogP contribution in [0.3, 0.4) is 0 Å². The predicted octanol–water partition coefficient (Wildman–Crippen LogP) is 3.44. The van der Waals surface area contributed by atoms with Crippen molar-refractivity contribution in [2.45, 2.75) is 19.8 Å². The Hall–Kier alpha value is -0.800. The zero-order valence-electron chi connectivity index (χ0n) is 9.29. The van der Waals surface area contributed by atoms with Gasteiger partial charge in [0.15, 0.2) is 5.11 Å². The first-order chi connectivity index (χ1) is 7.68. The van der Waals surface area contributed by atoms with Crippen molar-refractivity contribution in [2.24, 2.45) is 0 Å². The van der Waals surface area contributed by atoms with E-state index in [-0.39, 0.29) is 0 Å². The van der Waals surface area contributed by atoms with Crippen LogP contribution in [0.15, 0.2) is 18.2 Å². The van der Waals surface area contributed by atoms with E-state index < -0.39 is 0 Å². The molecule has 0 bridgehead atoms. The minimum Gasteiger partial charge on any atom is -0.349 e. The molecule has 0 unspecified atom stereocenters. The minimum atomic E-state index is 0.724. The third kappa shape index (κ3) is 2.47. The summed E-state index contributed by atoms with van der Waals surface area (Å²) in [6, 6.07) is 5.85. The molecule has 1 fully saturated rings. The van der Waals surface area contributed by atoms with Crippen molar-refractivity contribution in [3.63, 3.8) is 0 Å². The number of likely N-dealkylation sites (tertiary alicyclic amines) is 1. The second-order valence-electron chi connectivity index (χ2n) is 4.06. The summed E-state index contributed by atoms with van der Waals surface area (Å²) in [7, 11) is 0. The summed E-state index contributed by atoms with van der Waals surface area (Å²) in [4.78, 5) is 2.19. The molecule has 0 amide bonds. The van der Waals surface area contributed by atoms with E-state index in [4.69, 9.17) is 23.8 Å². The van der Waals surface area contributed by atoms with Crippen molar-refractivity contribution in [1.82, 2.24) is 4.90 Å². The molecule has 0 atom stereocenters. The van der Waals surface area contributed by atoms with Gasteiger partial charge in [0.25, 0.3) is 0 Å². The van der Waals surface area contributed by atoms with Crippen LogP contribution in [0, 0.1) is 6.92 Å². The van der Waals surface area contributed by atoms with Crippen molar-refractivity contribution in [2.75, 3.05) is 18.4 Å². The summed E-state index contributed by atoms with van der Waals surface area (Å²) < 4.78 is 0. The first-order valence-corrected chi connectivity index (χ1v) is 6.28. The van der Waals surface area contributed by atoms with Gasteiger partial charge in [0.1, 0.15) is 0 Å². The Labute approximate surface area is 107 Å². The fourth-order valence-corrected chi connectivity index (χ4v) is 2.45. The largest absolute Gasteiger partial charge is 0.349 e. The number of hydrogen-bond donors (Lipinski definition) is 1. The van der Waals surface area contributed by atoms with Crippen LogP contribution in [0.1, 0.15) is 18.4 Å². The maximum Gasteiger partial charge on any atom is 0.173 e. The summed E-state index contributed by atoms with van der Waals surface area (Å²) in [5.74, 6) is 0. The van der Waals surface area contributed by atoms with Crippen LogP contribution in [0.25, 0.3) is 0 Å². The number of aryl methyl sites for hydroxylation is 1. The molecule has 0 radical (unpaired) electrons. The number of nitrogens with zero attached hydrogens (tertiary/aromatic N) is 1. The Morgan fingerprint density at radius 3 is 2.69 bits per heavy atom. The standard InChI is InChI=1S/C12H15ClN2S/c1-9-5-4-6-10(13)11(9)14-12(16)15-7-2-3-8-15/h4-6H,2-3,7-8H2,1H3,(H,14,16). The SMILES string of the molecule is Cc1cccc(Cl)c1NC(=S)N1CCCC1. The Kier molecular flexibility index (Phi) is 3.66. The maximum atomic E-state index is 6.14. The van der Waals surface area contributed by atoms with E-state index >= 15 is 0 Å². The van der Waals surface area contributed by atoms with Gasteiger partial charge in [0.05, 0.1) is 10.7 Å². The average Bonchev–Trinajstić information content (AvgIpc) is 2.76. The van der Waals surface area contributed by atoms with E-state index in [9.17, 15) is 0 Å². The number of hydrogen-bond acceptors (Lipinski definition) is 1. The van der Waals surface area contributed by atoms with E-state index in [1.807, 2.05) is 25.1 Å². The lowest BCUT2D eigenvalue weighted by molar-refractivity contribution is 0.528. The fraction of sp³-hybridized carbons (Fsp3) is 0.417. The Morgan fingerprint density at radius 1 is 1.38 bits per heavy atom. The van der Waals surface area contributed by atoms with Crippen LogP contribution in [0.4, 0.5) is 5.69 Å². The molecule has 4 heteroatoms. The van der Waals surface area contributed by atoms with E-state index in [1.54, 1.807) is 0 Å². The molecule has 1 heterocycles. The van der Waals surface area contributed by atoms with Gasteiger partial charge in [-0.2, -0.15) is 0 Å². The van der Waals surface area contributed by atoms with Gasteiger partial charge in [0.2, 0.25) is 0 Å². The number of rotatable bonds is 1. The molecular formula is C12H15ClN2S. The van der Waals surface area contributed by atoms with Gasteiger partial charge in [-0.05, 0) is 43.6 Å². The monoisotopic (exact) mass is 254 g/mol. The lowest BCUT2D eigenvalue weighted by Gasteiger charge is -2.21. The Bertz CT molecular complexity index is 380. The summed E-state index contributed by atoms with van der Waals surface area (Å²) in [6.07, 6.45) is 2.45. The molecule has 1 aliphatic heterocycles. The minimum absolute atomic E-state index is 0.724. The van der Waals surface area contributed by atoms with Gasteiger partial charge in [-0.1, -0.05) is 23.7 Å². The van der Waals surface area contributed by atoms with Crippen LogP contribution in [-0.2, 0) is 0 Å². The molecule has 2 rings (SSSR count). The van der Waals surface area contributed by atoms with Crippen molar-refractivity contribution >= 4 is 34.6 Å². The second kappa shape index (κ2) is 5.02. The number of nitrogens with one attached hydrogen (secondary N) is 1. The van der Waals surface area contributed by atoms with Gasteiger partial charge >= 0.3 is 0 Å². The molecule has 1 aromatic carbocycles. The zero-order chi connectivity index (χ0) is 11.5. The van der Waals surface area contributed by atoms with Gasteiger partial charge in [-0.3, -0.25) is 0 Å². The van der Waals surface area contributed by atoms with E-state index in [1.165, 1.54) is 12.8 Å². The normalized spacial score (nSPS) is 15.2. The lowest BCUT2D eigenvalue weighted by atomic mass is 10.2. The fourth-order valence-electron chi connectivity index (χ4n) is 1.90. The summed E-state index contributed by atoms with van der Waals surface area (Å²) in [6.45, 7) is 4.13. The summed E-state index contributed by atoms with van der Waals surface area (Å²) in [5.41, 5.74) is 2.05. The molecule has 16 heavy (non-hydrogen) atoms. The lowest BCUT2D eigenvalue weighted by Crippen LogP contribution is -2.32. The first kappa shape index (κ1) is 11.7. The maximum absolute atomic E-state index is 6.14. The quantitative estimate of drug-likeness (QED) is 0.773. The van der Waals surface area contributed by atoms with Crippen LogP contribution in [0.5, 0.6) is 0 Å². The van der Waals surface area contributed by atoms with Crippen molar-refractivity contribution < 1.29 is 0 Å². The predicted molar refractivity (Wildman–Crippen MR) is 73.2 cm³/mol. The topological polar surface area (TPSA) is 15.3 Å². The number of halogens is 1. The second-order valence-corrected chi connectivity index (χ2v) is 4.85. The van der Waals surface area contributed by atoms with Crippen molar-refractivity contribution in [3.8, 4) is 0 Å². The third-order valence-electron chi connectivity index (χ3n) is 2.85. The summed E-state index contributed by atoms with van der Waals surface area (Å²) in [5, 5.41) is 4.76. The number of anilines is 1. The number of para-hydroxylation sites is 1. The highest BCUT2D eigenvalue weighted by Gasteiger charge is 2.15. The number of thiocarbonyl (C=S) groups is 1. The molecule has 1 saturated heterocycles. The van der Waals surface area contributed by atoms with Gasteiger partial charge in [-0.25, -0.2) is 0 Å². The molecule has 1 aliphatic rings. The molecule has 0 saturated carbocycles. The van der Waals surface area contributed by atoms with Crippen molar-refractivity contribution in [1.29, 1.82) is 0 Å². The van der Waals surface area contributed by atoms with Crippen molar-refractivity contribution in [3.05, 3.63) is 28.8 Å². The van der Waals surface area contributed by atoms with Crippen LogP contribution < -0.4 is 5.32 Å². The van der Waals surface area contributed by atoms with Crippen LogP contribution in [0.2, 0.25) is 5.02 Å². The smallest absolute Gasteiger partial charge is 0.173 e. The molecule has 1 N–H and O–H groups in total. The highest BCUT2D eigenvalue weighted by molar-refractivity contribution is 7.80. The summed E-state index contributed by atoms with van der Waals surface area (Å²) >= 11 is 11.5. The van der Waals surface area contributed by atoms with Gasteiger partial charge in [0, 0.05) is 13.1 Å². The van der Waals surface area contributed by atoms with E-state index in [2.05, 4.69) is 10.2 Å². The highest BCUT2D eigenvalue weighted by Crippen LogP contribution is 2.25. The van der Waals surface area contributed by atoms with Gasteiger partial charge in [-0.15, -0.1) is 0 Å². The first-order valence-electron chi connectivity index (χ1n) is 5.49. The zero-order valence-corrected chi connectivity index (χ0v) is 10.9. The number of benzene rings is 1. The highest BCUT2D eigenvalue weighted by atomic mass is 35.5. The third-order valence-corrected chi connectivity index (χ3v) is 3.52.